The summed E-state index contributed by atoms with van der Waals surface area (Å²) in [6.07, 6.45) is 0. The molecule has 61 heavy (non-hydrogen) atoms. The molecule has 0 radical (unpaired) electrons. The van der Waals surface area contributed by atoms with E-state index in [9.17, 15) is 0 Å². The van der Waals surface area contributed by atoms with E-state index in [1.54, 1.807) is 11.3 Å². The van der Waals surface area contributed by atoms with Crippen molar-refractivity contribution in [1.82, 2.24) is 4.98 Å². The second kappa shape index (κ2) is 15.8. The van der Waals surface area contributed by atoms with E-state index in [0.717, 1.165) is 55.6 Å². The van der Waals surface area contributed by atoms with E-state index >= 15 is 0 Å². The Labute approximate surface area is 359 Å². The summed E-state index contributed by atoms with van der Waals surface area (Å²) in [5.74, 6) is 0. The zero-order chi connectivity index (χ0) is 40.5. The molecule has 3 nitrogen and oxygen atoms in total. The Hall–Kier alpha value is -7.79. The summed E-state index contributed by atoms with van der Waals surface area (Å²) in [6.45, 7) is 0. The van der Waals surface area contributed by atoms with Gasteiger partial charge in [-0.3, -0.25) is 0 Å². The first-order valence-corrected chi connectivity index (χ1v) is 21.4. The van der Waals surface area contributed by atoms with Crippen LogP contribution in [0.4, 0.5) is 34.1 Å². The molecule has 288 valence electrons. The Kier molecular flexibility index (Phi) is 9.38. The van der Waals surface area contributed by atoms with Crippen LogP contribution >= 0.6 is 11.3 Å². The van der Waals surface area contributed by atoms with Gasteiger partial charge in [-0.1, -0.05) is 164 Å². The number of hydrogen-bond acceptors (Lipinski definition) is 4. The molecule has 0 aliphatic heterocycles. The highest BCUT2D eigenvalue weighted by atomic mass is 32.1. The van der Waals surface area contributed by atoms with E-state index in [1.165, 1.54) is 43.1 Å². The number of benzene rings is 10. The Bertz CT molecular complexity index is 3150. The lowest BCUT2D eigenvalue weighted by Gasteiger charge is -2.26. The fourth-order valence-corrected chi connectivity index (χ4v) is 9.63. The third kappa shape index (κ3) is 6.89. The lowest BCUT2D eigenvalue weighted by atomic mass is 9.99. The van der Waals surface area contributed by atoms with Crippen molar-refractivity contribution in [2.75, 3.05) is 9.80 Å². The van der Waals surface area contributed by atoms with E-state index in [1.807, 2.05) is 0 Å². The highest BCUT2D eigenvalue weighted by Crippen LogP contribution is 2.45. The average Bonchev–Trinajstić information content (AvgIpc) is 3.80. The molecule has 0 atom stereocenters. The molecule has 11 aromatic rings. The molecule has 0 saturated heterocycles. The molecule has 0 bridgehead atoms. The molecule has 10 aromatic carbocycles. The number of anilines is 6. The van der Waals surface area contributed by atoms with Gasteiger partial charge in [0.25, 0.3) is 0 Å². The second-order valence-electron chi connectivity index (χ2n) is 15.2. The van der Waals surface area contributed by atoms with Crippen LogP contribution < -0.4 is 9.80 Å². The van der Waals surface area contributed by atoms with Gasteiger partial charge in [0.05, 0.1) is 10.2 Å². The van der Waals surface area contributed by atoms with Crippen molar-refractivity contribution in [3.8, 4) is 32.8 Å². The summed E-state index contributed by atoms with van der Waals surface area (Å²) in [4.78, 5) is 10.1. The molecule has 0 aliphatic carbocycles. The largest absolute Gasteiger partial charge is 0.310 e. The van der Waals surface area contributed by atoms with Crippen LogP contribution in [0.15, 0.2) is 237 Å². The number of aromatic nitrogens is 1. The van der Waals surface area contributed by atoms with E-state index in [-0.39, 0.29) is 0 Å². The molecule has 0 aliphatic rings. The zero-order valence-corrected chi connectivity index (χ0v) is 34.1. The summed E-state index contributed by atoms with van der Waals surface area (Å²) in [5, 5.41) is 5.77. The molecule has 0 saturated carbocycles. The van der Waals surface area contributed by atoms with Crippen molar-refractivity contribution in [1.29, 1.82) is 0 Å². The Morgan fingerprint density at radius 3 is 1.25 bits per heavy atom. The molecular weight excluding hydrogens is 759 g/mol. The van der Waals surface area contributed by atoms with Crippen LogP contribution in [-0.2, 0) is 0 Å². The molecule has 4 heteroatoms. The highest BCUT2D eigenvalue weighted by Gasteiger charge is 2.20. The number of rotatable bonds is 9. The van der Waals surface area contributed by atoms with Crippen molar-refractivity contribution < 1.29 is 0 Å². The van der Waals surface area contributed by atoms with Gasteiger partial charge in [-0.05, 0) is 106 Å². The summed E-state index contributed by atoms with van der Waals surface area (Å²) >= 11 is 1.77. The third-order valence-corrected chi connectivity index (χ3v) is 12.6. The molecule has 0 amide bonds. The first-order chi connectivity index (χ1) is 30.2. The van der Waals surface area contributed by atoms with E-state index < -0.39 is 0 Å². The summed E-state index contributed by atoms with van der Waals surface area (Å²) in [5.41, 5.74) is 13.5. The maximum atomic E-state index is 5.47. The molecular formula is C57H39N3S. The maximum Gasteiger partial charge on any atom is 0.124 e. The molecule has 0 spiro atoms. The van der Waals surface area contributed by atoms with Gasteiger partial charge in [0.15, 0.2) is 0 Å². The first-order valence-electron chi connectivity index (χ1n) is 20.6. The molecule has 11 rings (SSSR count). The molecule has 1 aromatic heterocycles. The second-order valence-corrected chi connectivity index (χ2v) is 16.2. The van der Waals surface area contributed by atoms with E-state index in [2.05, 4.69) is 246 Å². The normalized spacial score (nSPS) is 11.3. The monoisotopic (exact) mass is 797 g/mol. The Balaban J connectivity index is 1.03. The fourth-order valence-electron chi connectivity index (χ4n) is 8.52. The third-order valence-electron chi connectivity index (χ3n) is 11.5. The van der Waals surface area contributed by atoms with Crippen LogP contribution in [0.25, 0.3) is 64.6 Å². The minimum absolute atomic E-state index is 0.993. The van der Waals surface area contributed by atoms with Gasteiger partial charge < -0.3 is 9.80 Å². The molecule has 0 unspecified atom stereocenters. The van der Waals surface area contributed by atoms with Gasteiger partial charge in [-0.2, -0.15) is 0 Å². The lowest BCUT2D eigenvalue weighted by molar-refractivity contribution is 1.28. The van der Waals surface area contributed by atoms with Crippen LogP contribution in [0.1, 0.15) is 0 Å². The van der Waals surface area contributed by atoms with Crippen molar-refractivity contribution in [3.63, 3.8) is 0 Å². The number of thiazole rings is 1. The van der Waals surface area contributed by atoms with Gasteiger partial charge >= 0.3 is 0 Å². The number of para-hydroxylation sites is 2. The van der Waals surface area contributed by atoms with Crippen molar-refractivity contribution in [2.24, 2.45) is 0 Å². The van der Waals surface area contributed by atoms with Crippen LogP contribution in [-0.4, -0.2) is 4.98 Å². The van der Waals surface area contributed by atoms with Crippen LogP contribution in [0.2, 0.25) is 0 Å². The van der Waals surface area contributed by atoms with Crippen molar-refractivity contribution >= 4 is 77.2 Å². The quantitative estimate of drug-likeness (QED) is 0.136. The SMILES string of the molecule is c1ccc(-c2ccc(N(c3ccc(-c4ccccc4)cc3)c3cccc(-c4nc5c6ccc(N(c7ccccc7)c7ccccc7)cc6c6ccccc6c5s4)c3)cc2)cc1. The van der Waals surface area contributed by atoms with Gasteiger partial charge in [0, 0.05) is 50.5 Å². The summed E-state index contributed by atoms with van der Waals surface area (Å²) < 4.78 is 1.20. The van der Waals surface area contributed by atoms with Crippen molar-refractivity contribution in [2.45, 2.75) is 0 Å². The van der Waals surface area contributed by atoms with Gasteiger partial charge in [0.1, 0.15) is 5.01 Å². The highest BCUT2D eigenvalue weighted by molar-refractivity contribution is 7.22. The van der Waals surface area contributed by atoms with Gasteiger partial charge in [0.2, 0.25) is 0 Å². The van der Waals surface area contributed by atoms with E-state index in [4.69, 9.17) is 4.98 Å². The number of fused-ring (bicyclic) bond motifs is 6. The van der Waals surface area contributed by atoms with Crippen LogP contribution in [0.5, 0.6) is 0 Å². The lowest BCUT2D eigenvalue weighted by Crippen LogP contribution is -2.10. The Morgan fingerprint density at radius 1 is 0.279 bits per heavy atom. The topological polar surface area (TPSA) is 19.4 Å². The average molecular weight is 798 g/mol. The standard InChI is InChI=1S/C57H39N3S/c1-5-16-40(17-6-1)42-28-32-47(33-29-42)60(48-34-30-43(31-35-48)41-18-7-2-8-19-41)49-25-15-20-44(38-49)57-58-55-52-37-36-50(39-54(52)51-26-13-14-27-53(51)56(55)61-57)59(45-21-9-3-10-22-45)46-23-11-4-12-24-46/h1-39H. The van der Waals surface area contributed by atoms with Crippen molar-refractivity contribution in [3.05, 3.63) is 237 Å². The minimum Gasteiger partial charge on any atom is -0.310 e. The van der Waals surface area contributed by atoms with Gasteiger partial charge in [-0.15, -0.1) is 11.3 Å². The zero-order valence-electron chi connectivity index (χ0n) is 33.3. The molecule has 0 fully saturated rings. The minimum atomic E-state index is 0.993. The smallest absolute Gasteiger partial charge is 0.124 e. The van der Waals surface area contributed by atoms with Crippen LogP contribution in [0, 0.1) is 0 Å². The Morgan fingerprint density at radius 2 is 0.689 bits per heavy atom. The maximum absolute atomic E-state index is 5.47. The number of nitrogens with zero attached hydrogens (tertiary/aromatic N) is 3. The molecule has 0 N–H and O–H groups in total. The predicted molar refractivity (Wildman–Crippen MR) is 260 cm³/mol. The van der Waals surface area contributed by atoms with Crippen LogP contribution in [0.3, 0.4) is 0 Å². The number of hydrogen-bond donors (Lipinski definition) is 0. The first kappa shape index (κ1) is 36.3. The summed E-state index contributed by atoms with van der Waals surface area (Å²) in [7, 11) is 0. The predicted octanol–water partition coefficient (Wildman–Crippen LogP) is 16.5. The van der Waals surface area contributed by atoms with E-state index in [0.29, 0.717) is 0 Å². The fraction of sp³-hybridized carbons (Fsp3) is 0. The van der Waals surface area contributed by atoms with Gasteiger partial charge in [-0.25, -0.2) is 4.98 Å². The molecule has 1 heterocycles. The summed E-state index contributed by atoms with van der Waals surface area (Å²) in [6, 6.07) is 84.5.